The number of H-pyrrole nitrogens is 1. The van der Waals surface area contributed by atoms with Crippen molar-refractivity contribution in [2.24, 2.45) is 0 Å². The summed E-state index contributed by atoms with van der Waals surface area (Å²) in [7, 11) is 1.57. The van der Waals surface area contributed by atoms with Crippen molar-refractivity contribution >= 4 is 28.1 Å². The maximum absolute atomic E-state index is 13.8. The summed E-state index contributed by atoms with van der Waals surface area (Å²) in [6.07, 6.45) is 0.746. The van der Waals surface area contributed by atoms with Gasteiger partial charge in [0, 0.05) is 12.0 Å². The van der Waals surface area contributed by atoms with E-state index in [1.165, 1.54) is 6.07 Å². The second kappa shape index (κ2) is 9.20. The molecule has 1 heterocycles. The SMILES string of the molecule is CCc1n[nH]c(=S)n1NCc1cc(Br)c(OCc2ccccc2F)c(OC)c1. The van der Waals surface area contributed by atoms with Crippen LogP contribution < -0.4 is 14.9 Å². The van der Waals surface area contributed by atoms with Crippen molar-refractivity contribution in [2.45, 2.75) is 26.5 Å². The first-order chi connectivity index (χ1) is 13.5. The fourth-order valence-electron chi connectivity index (χ4n) is 2.68. The molecule has 0 spiro atoms. The lowest BCUT2D eigenvalue weighted by Gasteiger charge is -2.16. The minimum atomic E-state index is -0.304. The summed E-state index contributed by atoms with van der Waals surface area (Å²) in [5, 5.41) is 6.94. The lowest BCUT2D eigenvalue weighted by atomic mass is 10.2. The molecule has 3 aromatic rings. The van der Waals surface area contributed by atoms with E-state index in [9.17, 15) is 4.39 Å². The molecule has 148 valence electrons. The quantitative estimate of drug-likeness (QED) is 0.469. The minimum absolute atomic E-state index is 0.100. The first-order valence-corrected chi connectivity index (χ1v) is 9.86. The van der Waals surface area contributed by atoms with Gasteiger partial charge in [0.1, 0.15) is 12.4 Å². The number of hydrogen-bond acceptors (Lipinski definition) is 5. The van der Waals surface area contributed by atoms with Gasteiger partial charge in [-0.25, -0.2) is 9.07 Å². The zero-order valence-electron chi connectivity index (χ0n) is 15.5. The van der Waals surface area contributed by atoms with E-state index < -0.39 is 0 Å². The Hall–Kier alpha value is -2.39. The average molecular weight is 467 g/mol. The van der Waals surface area contributed by atoms with Crippen LogP contribution >= 0.6 is 28.1 Å². The number of rotatable bonds is 8. The van der Waals surface area contributed by atoms with Gasteiger partial charge in [0.25, 0.3) is 0 Å². The third-order valence-corrected chi connectivity index (χ3v) is 4.98. The van der Waals surface area contributed by atoms with Crippen LogP contribution in [0.5, 0.6) is 11.5 Å². The minimum Gasteiger partial charge on any atom is -0.493 e. The predicted molar refractivity (Wildman–Crippen MR) is 111 cm³/mol. The second-order valence-electron chi connectivity index (χ2n) is 5.96. The molecule has 2 N–H and O–H groups in total. The summed E-state index contributed by atoms with van der Waals surface area (Å²) in [6, 6.07) is 10.3. The van der Waals surface area contributed by atoms with Crippen LogP contribution in [0.4, 0.5) is 4.39 Å². The Balaban J connectivity index is 1.76. The van der Waals surface area contributed by atoms with E-state index in [0.29, 0.717) is 32.9 Å². The summed E-state index contributed by atoms with van der Waals surface area (Å²) >= 11 is 8.76. The molecule has 0 unspecified atom stereocenters. The van der Waals surface area contributed by atoms with Gasteiger partial charge in [0.15, 0.2) is 17.3 Å². The van der Waals surface area contributed by atoms with Gasteiger partial charge >= 0.3 is 0 Å². The molecule has 0 aliphatic carbocycles. The van der Waals surface area contributed by atoms with E-state index in [0.717, 1.165) is 17.8 Å². The Labute approximate surface area is 175 Å². The molecule has 9 heteroatoms. The highest BCUT2D eigenvalue weighted by Crippen LogP contribution is 2.37. The highest BCUT2D eigenvalue weighted by Gasteiger charge is 2.13. The Morgan fingerprint density at radius 2 is 2.11 bits per heavy atom. The van der Waals surface area contributed by atoms with E-state index in [4.69, 9.17) is 21.7 Å². The second-order valence-corrected chi connectivity index (χ2v) is 7.20. The number of halogens is 2. The standard InChI is InChI=1S/C19H20BrFN4O2S/c1-3-17-23-24-19(28)25(17)22-10-12-8-14(20)18(16(9-12)26-2)27-11-13-6-4-5-7-15(13)21/h4-9,22H,3,10-11H2,1-2H3,(H,24,28). The molecule has 0 amide bonds. The van der Waals surface area contributed by atoms with E-state index in [2.05, 4.69) is 31.6 Å². The van der Waals surface area contributed by atoms with Crippen LogP contribution in [0.3, 0.4) is 0 Å². The van der Waals surface area contributed by atoms with Crippen LogP contribution in [0.25, 0.3) is 0 Å². The van der Waals surface area contributed by atoms with Gasteiger partial charge in [-0.15, -0.1) is 0 Å². The van der Waals surface area contributed by atoms with Crippen molar-refractivity contribution in [1.29, 1.82) is 0 Å². The monoisotopic (exact) mass is 466 g/mol. The van der Waals surface area contributed by atoms with E-state index in [1.54, 1.807) is 30.0 Å². The highest BCUT2D eigenvalue weighted by molar-refractivity contribution is 9.10. The summed E-state index contributed by atoms with van der Waals surface area (Å²) < 4.78 is 28.1. The average Bonchev–Trinajstić information content (AvgIpc) is 3.05. The number of methoxy groups -OCH3 is 1. The van der Waals surface area contributed by atoms with Crippen molar-refractivity contribution in [1.82, 2.24) is 14.9 Å². The lowest BCUT2D eigenvalue weighted by Crippen LogP contribution is -2.17. The van der Waals surface area contributed by atoms with Crippen LogP contribution in [0.15, 0.2) is 40.9 Å². The number of aryl methyl sites for hydroxylation is 1. The molecule has 0 bridgehead atoms. The summed E-state index contributed by atoms with van der Waals surface area (Å²) in [5.74, 6) is 1.58. The maximum atomic E-state index is 13.8. The van der Waals surface area contributed by atoms with Crippen LogP contribution in [0, 0.1) is 10.6 Å². The molecule has 0 aliphatic heterocycles. The molecule has 0 saturated carbocycles. The highest BCUT2D eigenvalue weighted by atomic mass is 79.9. The number of aromatic nitrogens is 3. The van der Waals surface area contributed by atoms with Crippen molar-refractivity contribution in [3.05, 3.63) is 68.4 Å². The topological polar surface area (TPSA) is 64.1 Å². The fraction of sp³-hybridized carbons (Fsp3) is 0.263. The van der Waals surface area contributed by atoms with Crippen LogP contribution in [0.2, 0.25) is 0 Å². The zero-order chi connectivity index (χ0) is 20.1. The number of nitrogens with zero attached hydrogens (tertiary/aromatic N) is 2. The Morgan fingerprint density at radius 1 is 1.32 bits per heavy atom. The first kappa shape index (κ1) is 20.3. The molecule has 0 saturated heterocycles. The van der Waals surface area contributed by atoms with E-state index in [-0.39, 0.29) is 12.4 Å². The zero-order valence-corrected chi connectivity index (χ0v) is 17.9. The van der Waals surface area contributed by atoms with Crippen LogP contribution in [-0.2, 0) is 19.6 Å². The van der Waals surface area contributed by atoms with Gasteiger partial charge in [0.2, 0.25) is 4.77 Å². The van der Waals surface area contributed by atoms with Gasteiger partial charge in [0.05, 0.1) is 18.1 Å². The third-order valence-electron chi connectivity index (χ3n) is 4.12. The van der Waals surface area contributed by atoms with Crippen LogP contribution in [-0.4, -0.2) is 22.0 Å². The number of nitrogens with one attached hydrogen (secondary N) is 2. The van der Waals surface area contributed by atoms with Gasteiger partial charge in [-0.05, 0) is 51.9 Å². The summed E-state index contributed by atoms with van der Waals surface area (Å²) in [6.45, 7) is 2.61. The largest absolute Gasteiger partial charge is 0.493 e. The number of aromatic amines is 1. The molecule has 0 fully saturated rings. The number of hydrogen-bond donors (Lipinski definition) is 2. The number of benzene rings is 2. The van der Waals surface area contributed by atoms with Crippen molar-refractivity contribution in [3.8, 4) is 11.5 Å². The van der Waals surface area contributed by atoms with Gasteiger partial charge in [-0.2, -0.15) is 5.10 Å². The fourth-order valence-corrected chi connectivity index (χ4v) is 3.50. The Bertz CT molecular complexity index is 1020. The van der Waals surface area contributed by atoms with Gasteiger partial charge in [-0.1, -0.05) is 25.1 Å². The van der Waals surface area contributed by atoms with E-state index >= 15 is 0 Å². The predicted octanol–water partition coefficient (Wildman–Crippen LogP) is 4.74. The first-order valence-electron chi connectivity index (χ1n) is 8.66. The summed E-state index contributed by atoms with van der Waals surface area (Å²) in [5.41, 5.74) is 4.67. The van der Waals surface area contributed by atoms with Crippen LogP contribution in [0.1, 0.15) is 23.9 Å². The molecule has 6 nitrogen and oxygen atoms in total. The van der Waals surface area contributed by atoms with E-state index in [1.807, 2.05) is 19.1 Å². The van der Waals surface area contributed by atoms with Gasteiger partial charge in [-0.3, -0.25) is 5.10 Å². The number of ether oxygens (including phenoxy) is 2. The molecule has 1 aromatic heterocycles. The van der Waals surface area contributed by atoms with Crippen molar-refractivity contribution in [3.63, 3.8) is 0 Å². The molecule has 0 aliphatic rings. The maximum Gasteiger partial charge on any atom is 0.214 e. The molecule has 3 rings (SSSR count). The molecule has 28 heavy (non-hydrogen) atoms. The molecule has 0 atom stereocenters. The Morgan fingerprint density at radius 3 is 2.82 bits per heavy atom. The molecular formula is C19H20BrFN4O2S. The third kappa shape index (κ3) is 4.53. The Kier molecular flexibility index (Phi) is 6.69. The molecule has 0 radical (unpaired) electrons. The lowest BCUT2D eigenvalue weighted by molar-refractivity contribution is 0.277. The van der Waals surface area contributed by atoms with Crippen molar-refractivity contribution in [2.75, 3.05) is 12.5 Å². The smallest absolute Gasteiger partial charge is 0.214 e. The molecular weight excluding hydrogens is 447 g/mol. The van der Waals surface area contributed by atoms with Crippen molar-refractivity contribution < 1.29 is 13.9 Å². The summed E-state index contributed by atoms with van der Waals surface area (Å²) in [4.78, 5) is 0. The van der Waals surface area contributed by atoms with Gasteiger partial charge < -0.3 is 14.9 Å². The molecule has 2 aromatic carbocycles. The normalized spacial score (nSPS) is 10.7.